The minimum Gasteiger partial charge on any atom is -0.382 e. The molecule has 5 heteroatoms. The topological polar surface area (TPSA) is 39.1 Å². The Hall–Kier alpha value is -0.580. The Balaban J connectivity index is 0.00000225. The summed E-state index contributed by atoms with van der Waals surface area (Å²) in [5, 5.41) is 7.73. The highest BCUT2D eigenvalue weighted by Gasteiger charge is 1.96. The van der Waals surface area contributed by atoms with E-state index >= 15 is 0 Å². The summed E-state index contributed by atoms with van der Waals surface area (Å²) in [6, 6.07) is 2.05. The van der Waals surface area contributed by atoms with E-state index in [2.05, 4.69) is 23.4 Å². The van der Waals surface area contributed by atoms with E-state index in [1.54, 1.807) is 0 Å². The summed E-state index contributed by atoms with van der Waals surface area (Å²) in [4.78, 5) is 0. The predicted octanol–water partition coefficient (Wildman–Crippen LogP) is 1.84. The van der Waals surface area contributed by atoms with Crippen LogP contribution in [-0.2, 0) is 17.8 Å². The molecule has 0 aromatic carbocycles. The van der Waals surface area contributed by atoms with Crippen LogP contribution in [0.2, 0.25) is 0 Å². The zero-order chi connectivity index (χ0) is 10.9. The van der Waals surface area contributed by atoms with Gasteiger partial charge in [0.25, 0.3) is 0 Å². The van der Waals surface area contributed by atoms with Crippen LogP contribution in [-0.4, -0.2) is 29.5 Å². The van der Waals surface area contributed by atoms with Crippen molar-refractivity contribution in [2.75, 3.05) is 19.8 Å². The van der Waals surface area contributed by atoms with Crippen LogP contribution < -0.4 is 5.32 Å². The summed E-state index contributed by atoms with van der Waals surface area (Å²) in [5.74, 6) is 0. The van der Waals surface area contributed by atoms with Crippen LogP contribution in [0.3, 0.4) is 0 Å². The van der Waals surface area contributed by atoms with Crippen molar-refractivity contribution in [3.05, 3.63) is 18.0 Å². The fraction of sp³-hybridized carbons (Fsp3) is 0.727. The standard InChI is InChI=1S/C11H21N3O.ClH/c1-3-14-8-6-11(13-14)10-12-7-5-9-15-4-2;/h6,8,12H,3-5,7,9-10H2,1-2H3;1H. The number of hydrogen-bond donors (Lipinski definition) is 1. The van der Waals surface area contributed by atoms with E-state index in [1.165, 1.54) is 0 Å². The summed E-state index contributed by atoms with van der Waals surface area (Å²) in [5.41, 5.74) is 1.10. The number of aryl methyl sites for hydroxylation is 1. The molecule has 1 rings (SSSR count). The van der Waals surface area contributed by atoms with Gasteiger partial charge in [0.05, 0.1) is 5.69 Å². The molecule has 0 spiro atoms. The lowest BCUT2D eigenvalue weighted by Gasteiger charge is -2.02. The van der Waals surface area contributed by atoms with Gasteiger partial charge < -0.3 is 10.1 Å². The molecule has 0 aliphatic heterocycles. The first-order valence-corrected chi connectivity index (χ1v) is 5.67. The zero-order valence-electron chi connectivity index (χ0n) is 10.1. The van der Waals surface area contributed by atoms with Gasteiger partial charge in [0.1, 0.15) is 0 Å². The zero-order valence-corrected chi connectivity index (χ0v) is 10.9. The highest BCUT2D eigenvalue weighted by Crippen LogP contribution is 1.94. The van der Waals surface area contributed by atoms with Crippen LogP contribution >= 0.6 is 12.4 Å². The van der Waals surface area contributed by atoms with Crippen molar-refractivity contribution in [1.82, 2.24) is 15.1 Å². The van der Waals surface area contributed by atoms with E-state index in [9.17, 15) is 0 Å². The van der Waals surface area contributed by atoms with Gasteiger partial charge in [-0.05, 0) is 32.9 Å². The maximum Gasteiger partial charge on any atom is 0.0762 e. The summed E-state index contributed by atoms with van der Waals surface area (Å²) in [7, 11) is 0. The molecule has 0 fully saturated rings. The van der Waals surface area contributed by atoms with Crippen molar-refractivity contribution >= 4 is 12.4 Å². The molecule has 0 atom stereocenters. The molecule has 0 amide bonds. The first-order chi connectivity index (χ1) is 7.36. The third kappa shape index (κ3) is 6.10. The number of hydrogen-bond acceptors (Lipinski definition) is 3. The maximum atomic E-state index is 5.25. The molecular formula is C11H22ClN3O. The summed E-state index contributed by atoms with van der Waals surface area (Å²) in [6.45, 7) is 8.52. The van der Waals surface area contributed by atoms with Gasteiger partial charge in [0.2, 0.25) is 0 Å². The van der Waals surface area contributed by atoms with Gasteiger partial charge in [-0.2, -0.15) is 5.10 Å². The van der Waals surface area contributed by atoms with E-state index in [1.807, 2.05) is 17.8 Å². The Bertz CT molecular complexity index is 265. The molecule has 16 heavy (non-hydrogen) atoms. The first-order valence-electron chi connectivity index (χ1n) is 5.67. The van der Waals surface area contributed by atoms with Crippen LogP contribution in [0.1, 0.15) is 26.0 Å². The second-order valence-electron chi connectivity index (χ2n) is 3.39. The molecule has 0 bridgehead atoms. The number of nitrogens with zero attached hydrogens (tertiary/aromatic N) is 2. The van der Waals surface area contributed by atoms with Gasteiger partial charge in [-0.15, -0.1) is 12.4 Å². The number of nitrogens with one attached hydrogen (secondary N) is 1. The quantitative estimate of drug-likeness (QED) is 0.713. The van der Waals surface area contributed by atoms with Gasteiger partial charge in [0.15, 0.2) is 0 Å². The predicted molar refractivity (Wildman–Crippen MR) is 68.0 cm³/mol. The fourth-order valence-electron chi connectivity index (χ4n) is 1.33. The van der Waals surface area contributed by atoms with Gasteiger partial charge >= 0.3 is 0 Å². The van der Waals surface area contributed by atoms with Crippen LogP contribution in [0.4, 0.5) is 0 Å². The lowest BCUT2D eigenvalue weighted by molar-refractivity contribution is 0.144. The summed E-state index contributed by atoms with van der Waals surface area (Å²) < 4.78 is 7.19. The molecule has 4 nitrogen and oxygen atoms in total. The second-order valence-corrected chi connectivity index (χ2v) is 3.39. The van der Waals surface area contributed by atoms with E-state index in [-0.39, 0.29) is 12.4 Å². The summed E-state index contributed by atoms with van der Waals surface area (Å²) >= 11 is 0. The SMILES string of the molecule is CCOCCCNCc1ccn(CC)n1.Cl. The highest BCUT2D eigenvalue weighted by atomic mass is 35.5. The molecule has 94 valence electrons. The van der Waals surface area contributed by atoms with Crippen LogP contribution in [0.25, 0.3) is 0 Å². The lowest BCUT2D eigenvalue weighted by Crippen LogP contribution is -2.16. The Morgan fingerprint density at radius 3 is 2.88 bits per heavy atom. The van der Waals surface area contributed by atoms with Crippen molar-refractivity contribution < 1.29 is 4.74 Å². The average molecular weight is 248 g/mol. The maximum absolute atomic E-state index is 5.25. The molecule has 0 saturated heterocycles. The lowest BCUT2D eigenvalue weighted by atomic mass is 10.4. The number of halogens is 1. The number of rotatable bonds is 8. The van der Waals surface area contributed by atoms with Crippen molar-refractivity contribution in [1.29, 1.82) is 0 Å². The monoisotopic (exact) mass is 247 g/mol. The number of ether oxygens (including phenoxy) is 1. The molecule has 0 saturated carbocycles. The molecule has 1 heterocycles. The van der Waals surface area contributed by atoms with Crippen molar-refractivity contribution in [2.45, 2.75) is 33.4 Å². The molecule has 1 N–H and O–H groups in total. The van der Waals surface area contributed by atoms with Crippen LogP contribution in [0.15, 0.2) is 12.3 Å². The van der Waals surface area contributed by atoms with Gasteiger partial charge in [-0.3, -0.25) is 4.68 Å². The van der Waals surface area contributed by atoms with Crippen LogP contribution in [0.5, 0.6) is 0 Å². The largest absolute Gasteiger partial charge is 0.382 e. The van der Waals surface area contributed by atoms with E-state index in [0.29, 0.717) is 0 Å². The Morgan fingerprint density at radius 2 is 2.25 bits per heavy atom. The fourth-order valence-corrected chi connectivity index (χ4v) is 1.33. The molecule has 0 aliphatic rings. The Labute approximate surface area is 104 Å². The number of aromatic nitrogens is 2. The van der Waals surface area contributed by atoms with Gasteiger partial charge in [-0.1, -0.05) is 0 Å². The van der Waals surface area contributed by atoms with Crippen molar-refractivity contribution in [2.24, 2.45) is 0 Å². The average Bonchev–Trinajstić information content (AvgIpc) is 2.71. The normalized spacial score (nSPS) is 10.1. The molecular weight excluding hydrogens is 226 g/mol. The van der Waals surface area contributed by atoms with E-state index in [0.717, 1.165) is 45.0 Å². The second kappa shape index (κ2) is 9.63. The molecule has 0 unspecified atom stereocenters. The molecule has 0 radical (unpaired) electrons. The minimum absolute atomic E-state index is 0. The van der Waals surface area contributed by atoms with E-state index in [4.69, 9.17) is 4.74 Å². The van der Waals surface area contributed by atoms with E-state index < -0.39 is 0 Å². The minimum atomic E-state index is 0. The third-order valence-electron chi connectivity index (χ3n) is 2.17. The first kappa shape index (κ1) is 15.4. The summed E-state index contributed by atoms with van der Waals surface area (Å²) in [6.07, 6.45) is 3.07. The highest BCUT2D eigenvalue weighted by molar-refractivity contribution is 5.85. The molecule has 0 aliphatic carbocycles. The van der Waals surface area contributed by atoms with Crippen LogP contribution in [0, 0.1) is 0 Å². The Morgan fingerprint density at radius 1 is 1.44 bits per heavy atom. The van der Waals surface area contributed by atoms with Gasteiger partial charge in [-0.25, -0.2) is 0 Å². The Kier molecular flexibility index (Phi) is 9.28. The third-order valence-corrected chi connectivity index (χ3v) is 2.17. The molecule has 1 aromatic rings. The van der Waals surface area contributed by atoms with Crippen molar-refractivity contribution in [3.63, 3.8) is 0 Å². The van der Waals surface area contributed by atoms with Crippen molar-refractivity contribution in [3.8, 4) is 0 Å². The smallest absolute Gasteiger partial charge is 0.0762 e. The van der Waals surface area contributed by atoms with Gasteiger partial charge in [0, 0.05) is 32.5 Å². The molecule has 1 aromatic heterocycles.